The Kier molecular flexibility index (Phi) is 5.59. The van der Waals surface area contributed by atoms with E-state index >= 15 is 0 Å². The molecule has 0 saturated heterocycles. The normalized spacial score (nSPS) is 15.2. The molecule has 1 aromatic carbocycles. The molecule has 2 amide bonds. The van der Waals surface area contributed by atoms with Crippen LogP contribution in [0.2, 0.25) is 0 Å². The van der Waals surface area contributed by atoms with E-state index in [1.54, 1.807) is 22.7 Å². The highest BCUT2D eigenvalue weighted by Gasteiger charge is 2.32. The fourth-order valence-electron chi connectivity index (χ4n) is 2.56. The molecule has 0 spiro atoms. The second-order valence-corrected chi connectivity index (χ2v) is 7.62. The van der Waals surface area contributed by atoms with E-state index in [1.165, 1.54) is 0 Å². The van der Waals surface area contributed by atoms with Crippen LogP contribution in [0.1, 0.15) is 36.7 Å². The summed E-state index contributed by atoms with van der Waals surface area (Å²) in [5.74, 6) is 0.597. The SMILES string of the molecule is C=C1c2ccccc2C(=O)N1C[C@H](CSC)NC(=O)OC(C)(C)C. The molecule has 1 aliphatic heterocycles. The predicted octanol–water partition coefficient (Wildman–Crippen LogP) is 3.37. The van der Waals surface area contributed by atoms with E-state index in [2.05, 4.69) is 11.9 Å². The molecule has 24 heavy (non-hydrogen) atoms. The van der Waals surface area contributed by atoms with Crippen molar-refractivity contribution in [2.75, 3.05) is 18.6 Å². The maximum Gasteiger partial charge on any atom is 0.407 e. The minimum Gasteiger partial charge on any atom is -0.444 e. The number of nitrogens with one attached hydrogen (secondary N) is 1. The molecule has 0 radical (unpaired) electrons. The number of fused-ring (bicyclic) bond motifs is 1. The monoisotopic (exact) mass is 348 g/mol. The topological polar surface area (TPSA) is 58.6 Å². The highest BCUT2D eigenvalue weighted by atomic mass is 32.2. The molecular formula is C18H24N2O3S. The minimum atomic E-state index is -0.558. The maximum absolute atomic E-state index is 12.6. The summed E-state index contributed by atoms with van der Waals surface area (Å²) < 4.78 is 5.31. The number of amides is 2. The Balaban J connectivity index is 2.07. The molecule has 2 rings (SSSR count). The van der Waals surface area contributed by atoms with Gasteiger partial charge in [0.2, 0.25) is 0 Å². The lowest BCUT2D eigenvalue weighted by atomic mass is 10.1. The van der Waals surface area contributed by atoms with Crippen molar-refractivity contribution in [2.24, 2.45) is 0 Å². The average molecular weight is 348 g/mol. The van der Waals surface area contributed by atoms with Crippen molar-refractivity contribution in [3.05, 3.63) is 42.0 Å². The smallest absolute Gasteiger partial charge is 0.407 e. The number of thioether (sulfide) groups is 1. The van der Waals surface area contributed by atoms with E-state index in [1.807, 2.05) is 45.2 Å². The number of benzene rings is 1. The summed E-state index contributed by atoms with van der Waals surface area (Å²) in [5.41, 5.74) is 1.62. The van der Waals surface area contributed by atoms with Crippen LogP contribution in [-0.2, 0) is 4.74 Å². The number of nitrogens with zero attached hydrogens (tertiary/aromatic N) is 1. The largest absolute Gasteiger partial charge is 0.444 e. The van der Waals surface area contributed by atoms with E-state index in [-0.39, 0.29) is 11.9 Å². The molecule has 1 atom stereocenters. The number of alkyl carbamates (subject to hydrolysis) is 1. The molecule has 0 aliphatic carbocycles. The van der Waals surface area contributed by atoms with Gasteiger partial charge in [-0.05, 0) is 33.1 Å². The first-order valence-electron chi connectivity index (χ1n) is 7.81. The number of carbonyl (C=O) groups is 2. The van der Waals surface area contributed by atoms with Crippen molar-refractivity contribution < 1.29 is 14.3 Å². The number of hydrogen-bond acceptors (Lipinski definition) is 4. The second kappa shape index (κ2) is 7.30. The van der Waals surface area contributed by atoms with Gasteiger partial charge in [-0.3, -0.25) is 4.79 Å². The van der Waals surface area contributed by atoms with Crippen LogP contribution in [0.3, 0.4) is 0 Å². The molecule has 1 aliphatic rings. The van der Waals surface area contributed by atoms with Gasteiger partial charge in [0, 0.05) is 29.1 Å². The van der Waals surface area contributed by atoms with Crippen LogP contribution in [0, 0.1) is 0 Å². The van der Waals surface area contributed by atoms with Crippen LogP contribution < -0.4 is 5.32 Å². The van der Waals surface area contributed by atoms with Crippen LogP contribution >= 0.6 is 11.8 Å². The highest BCUT2D eigenvalue weighted by molar-refractivity contribution is 7.98. The number of ether oxygens (including phenoxy) is 1. The van der Waals surface area contributed by atoms with Gasteiger partial charge in [0.05, 0.1) is 6.04 Å². The number of hydrogen-bond donors (Lipinski definition) is 1. The quantitative estimate of drug-likeness (QED) is 0.886. The van der Waals surface area contributed by atoms with Crippen molar-refractivity contribution in [2.45, 2.75) is 32.4 Å². The Morgan fingerprint density at radius 1 is 1.33 bits per heavy atom. The van der Waals surface area contributed by atoms with Crippen molar-refractivity contribution >= 4 is 29.5 Å². The zero-order chi connectivity index (χ0) is 17.9. The van der Waals surface area contributed by atoms with Crippen LogP contribution in [-0.4, -0.2) is 47.1 Å². The average Bonchev–Trinajstić information content (AvgIpc) is 2.71. The van der Waals surface area contributed by atoms with Crippen LogP contribution in [0.15, 0.2) is 30.8 Å². The van der Waals surface area contributed by atoms with Gasteiger partial charge < -0.3 is 15.0 Å². The van der Waals surface area contributed by atoms with Gasteiger partial charge in [-0.25, -0.2) is 4.79 Å². The van der Waals surface area contributed by atoms with Crippen LogP contribution in [0.5, 0.6) is 0 Å². The first-order chi connectivity index (χ1) is 11.2. The Morgan fingerprint density at radius 2 is 1.96 bits per heavy atom. The van der Waals surface area contributed by atoms with Crippen molar-refractivity contribution in [1.82, 2.24) is 10.2 Å². The van der Waals surface area contributed by atoms with Crippen molar-refractivity contribution in [3.8, 4) is 0 Å². The first-order valence-corrected chi connectivity index (χ1v) is 9.21. The molecule has 0 aromatic heterocycles. The summed E-state index contributed by atoms with van der Waals surface area (Å²) in [5, 5.41) is 2.85. The summed E-state index contributed by atoms with van der Waals surface area (Å²) in [6.07, 6.45) is 1.48. The van der Waals surface area contributed by atoms with Gasteiger partial charge in [0.15, 0.2) is 0 Å². The molecule has 0 bridgehead atoms. The third-order valence-electron chi connectivity index (χ3n) is 3.53. The third kappa shape index (κ3) is 4.32. The molecule has 0 saturated carbocycles. The van der Waals surface area contributed by atoms with Crippen molar-refractivity contribution in [3.63, 3.8) is 0 Å². The second-order valence-electron chi connectivity index (χ2n) is 6.71. The summed E-state index contributed by atoms with van der Waals surface area (Å²) in [7, 11) is 0. The molecule has 5 nitrogen and oxygen atoms in total. The summed E-state index contributed by atoms with van der Waals surface area (Å²) in [4.78, 5) is 26.2. The van der Waals surface area contributed by atoms with Gasteiger partial charge in [-0.15, -0.1) is 0 Å². The number of rotatable bonds is 5. The van der Waals surface area contributed by atoms with E-state index in [9.17, 15) is 9.59 Å². The zero-order valence-corrected chi connectivity index (χ0v) is 15.4. The lowest BCUT2D eigenvalue weighted by molar-refractivity contribution is 0.0498. The minimum absolute atomic E-state index is 0.0762. The molecule has 1 heterocycles. The third-order valence-corrected chi connectivity index (χ3v) is 4.27. The molecule has 6 heteroatoms. The molecule has 0 unspecified atom stereocenters. The highest BCUT2D eigenvalue weighted by Crippen LogP contribution is 2.31. The molecule has 0 fully saturated rings. The molecule has 1 N–H and O–H groups in total. The van der Waals surface area contributed by atoms with Crippen LogP contribution in [0.4, 0.5) is 4.79 Å². The van der Waals surface area contributed by atoms with Gasteiger partial charge >= 0.3 is 6.09 Å². The number of carbonyl (C=O) groups excluding carboxylic acids is 2. The lowest BCUT2D eigenvalue weighted by Crippen LogP contribution is -2.46. The molecular weight excluding hydrogens is 324 g/mol. The summed E-state index contributed by atoms with van der Waals surface area (Å²) in [6, 6.07) is 7.20. The van der Waals surface area contributed by atoms with Gasteiger partial charge in [0.25, 0.3) is 5.91 Å². The first kappa shape index (κ1) is 18.4. The summed E-state index contributed by atoms with van der Waals surface area (Å²) >= 11 is 1.60. The summed E-state index contributed by atoms with van der Waals surface area (Å²) in [6.45, 7) is 9.86. The predicted molar refractivity (Wildman–Crippen MR) is 98.1 cm³/mol. The Bertz CT molecular complexity index is 617. The standard InChI is InChI=1S/C18H24N2O3S/c1-12-14-8-6-7-9-15(14)16(21)20(12)10-13(11-24-5)19-17(22)23-18(2,3)4/h6-9,13H,1,10-11H2,2-5H3,(H,19,22)/t13-/m1/s1. The molecule has 1 aromatic rings. The lowest BCUT2D eigenvalue weighted by Gasteiger charge is -2.27. The van der Waals surface area contributed by atoms with Gasteiger partial charge in [0.1, 0.15) is 5.60 Å². The Labute approximate surface area is 147 Å². The fourth-order valence-corrected chi connectivity index (χ4v) is 3.15. The van der Waals surface area contributed by atoms with Crippen LogP contribution in [0.25, 0.3) is 5.70 Å². The van der Waals surface area contributed by atoms with Gasteiger partial charge in [-0.1, -0.05) is 24.8 Å². The van der Waals surface area contributed by atoms with Crippen molar-refractivity contribution in [1.29, 1.82) is 0 Å². The Morgan fingerprint density at radius 3 is 2.50 bits per heavy atom. The van der Waals surface area contributed by atoms with E-state index in [4.69, 9.17) is 4.74 Å². The fraction of sp³-hybridized carbons (Fsp3) is 0.444. The zero-order valence-electron chi connectivity index (χ0n) is 14.6. The van der Waals surface area contributed by atoms with Gasteiger partial charge in [-0.2, -0.15) is 11.8 Å². The van der Waals surface area contributed by atoms with E-state index in [0.29, 0.717) is 23.6 Å². The maximum atomic E-state index is 12.6. The Hall–Kier alpha value is -1.95. The molecule has 130 valence electrons. The van der Waals surface area contributed by atoms with E-state index < -0.39 is 11.7 Å². The van der Waals surface area contributed by atoms with E-state index in [0.717, 1.165) is 5.56 Å².